The van der Waals surface area contributed by atoms with Gasteiger partial charge in [0.05, 0.1) is 28.9 Å². The van der Waals surface area contributed by atoms with Gasteiger partial charge in [-0.05, 0) is 12.5 Å². The summed E-state index contributed by atoms with van der Waals surface area (Å²) < 4.78 is 15.0. The quantitative estimate of drug-likeness (QED) is 0.670. The minimum Gasteiger partial charge on any atom is -0.323 e. The summed E-state index contributed by atoms with van der Waals surface area (Å²) in [5, 5.41) is 18.1. The van der Waals surface area contributed by atoms with Gasteiger partial charge in [0.25, 0.3) is 5.69 Å². The van der Waals surface area contributed by atoms with Crippen molar-refractivity contribution in [3.63, 3.8) is 0 Å². The van der Waals surface area contributed by atoms with Crippen molar-refractivity contribution in [1.29, 1.82) is 0 Å². The van der Waals surface area contributed by atoms with E-state index in [1.54, 1.807) is 0 Å². The first-order valence-corrected chi connectivity index (χ1v) is 5.65. The fourth-order valence-electron chi connectivity index (χ4n) is 1.57. The van der Waals surface area contributed by atoms with Gasteiger partial charge in [-0.2, -0.15) is 0 Å². The Bertz CT molecular complexity index is 613. The van der Waals surface area contributed by atoms with E-state index in [0.717, 1.165) is 6.07 Å². The van der Waals surface area contributed by atoms with Crippen LogP contribution in [0.15, 0.2) is 24.4 Å². The molecule has 19 heavy (non-hydrogen) atoms. The summed E-state index contributed by atoms with van der Waals surface area (Å²) in [4.78, 5) is 9.86. The van der Waals surface area contributed by atoms with E-state index >= 15 is 0 Å². The molecule has 0 amide bonds. The first kappa shape index (κ1) is 13.1. The molecule has 0 bridgehead atoms. The molecule has 0 aliphatic rings. The number of hydrogen-bond donors (Lipinski definition) is 1. The van der Waals surface area contributed by atoms with Crippen LogP contribution in [0, 0.1) is 15.9 Å². The van der Waals surface area contributed by atoms with Crippen LogP contribution in [0.1, 0.15) is 25.1 Å². The molecule has 8 heteroatoms. The molecule has 0 spiro atoms. The van der Waals surface area contributed by atoms with Crippen molar-refractivity contribution in [2.45, 2.75) is 19.4 Å². The van der Waals surface area contributed by atoms with E-state index < -0.39 is 10.7 Å². The average molecular weight is 265 g/mol. The van der Waals surface area contributed by atoms with Crippen LogP contribution in [0.25, 0.3) is 5.69 Å². The summed E-state index contributed by atoms with van der Waals surface area (Å²) in [5.41, 5.74) is 6.11. The Balaban J connectivity index is 2.37. The van der Waals surface area contributed by atoms with Gasteiger partial charge < -0.3 is 5.73 Å². The standard InChI is InChI=1S/C11H12FN5O2/c1-2-9(13)10-6-16(15-14-10)11-4-3-7(17(18)19)5-8(11)12/h3-6,9H,2,13H2,1H3. The predicted octanol–water partition coefficient (Wildman–Crippen LogP) is 1.72. The molecule has 1 heterocycles. The molecule has 0 aliphatic carbocycles. The molecule has 0 fully saturated rings. The molecule has 1 aromatic carbocycles. The lowest BCUT2D eigenvalue weighted by Gasteiger charge is -2.03. The zero-order valence-corrected chi connectivity index (χ0v) is 10.2. The fourth-order valence-corrected chi connectivity index (χ4v) is 1.57. The highest BCUT2D eigenvalue weighted by molar-refractivity contribution is 5.41. The number of halogens is 1. The van der Waals surface area contributed by atoms with Gasteiger partial charge >= 0.3 is 0 Å². The van der Waals surface area contributed by atoms with E-state index in [-0.39, 0.29) is 17.4 Å². The summed E-state index contributed by atoms with van der Waals surface area (Å²) in [6.07, 6.45) is 2.19. The van der Waals surface area contributed by atoms with Crippen molar-refractivity contribution in [2.24, 2.45) is 5.73 Å². The first-order valence-electron chi connectivity index (χ1n) is 5.65. The second-order valence-electron chi connectivity index (χ2n) is 4.00. The minimum atomic E-state index is -0.740. The Morgan fingerprint density at radius 3 is 2.89 bits per heavy atom. The van der Waals surface area contributed by atoms with Crippen LogP contribution >= 0.6 is 0 Å². The molecule has 0 radical (unpaired) electrons. The summed E-state index contributed by atoms with van der Waals surface area (Å²) >= 11 is 0. The SMILES string of the molecule is CCC(N)c1cn(-c2ccc([N+](=O)[O-])cc2F)nn1. The van der Waals surface area contributed by atoms with Crippen LogP contribution in [-0.2, 0) is 0 Å². The largest absolute Gasteiger partial charge is 0.323 e. The molecule has 2 N–H and O–H groups in total. The highest BCUT2D eigenvalue weighted by Gasteiger charge is 2.15. The second-order valence-corrected chi connectivity index (χ2v) is 4.00. The Hall–Kier alpha value is -2.35. The van der Waals surface area contributed by atoms with Crippen molar-refractivity contribution in [1.82, 2.24) is 15.0 Å². The molecule has 1 unspecified atom stereocenters. The fraction of sp³-hybridized carbons (Fsp3) is 0.273. The molecular formula is C11H12FN5O2. The molecule has 0 aliphatic heterocycles. The number of benzene rings is 1. The Morgan fingerprint density at radius 1 is 1.58 bits per heavy atom. The van der Waals surface area contributed by atoms with Crippen LogP contribution in [-0.4, -0.2) is 19.9 Å². The zero-order chi connectivity index (χ0) is 14.0. The van der Waals surface area contributed by atoms with Gasteiger partial charge in [0.1, 0.15) is 5.69 Å². The van der Waals surface area contributed by atoms with Gasteiger partial charge in [-0.3, -0.25) is 10.1 Å². The van der Waals surface area contributed by atoms with Crippen LogP contribution in [0.3, 0.4) is 0 Å². The summed E-state index contributed by atoms with van der Waals surface area (Å²) in [7, 11) is 0. The molecule has 1 aromatic heterocycles. The normalized spacial score (nSPS) is 12.4. The molecule has 2 aromatic rings. The number of hydrogen-bond acceptors (Lipinski definition) is 5. The molecule has 0 saturated heterocycles. The molecule has 100 valence electrons. The number of non-ortho nitro benzene ring substituents is 1. The third-order valence-corrected chi connectivity index (χ3v) is 2.72. The van der Waals surface area contributed by atoms with Crippen molar-refractivity contribution in [3.05, 3.63) is 46.0 Å². The number of nitro groups is 1. The lowest BCUT2D eigenvalue weighted by atomic mass is 10.2. The van der Waals surface area contributed by atoms with Crippen molar-refractivity contribution in [3.8, 4) is 5.69 Å². The molecule has 2 rings (SSSR count). The maximum atomic E-state index is 13.8. The average Bonchev–Trinajstić information content (AvgIpc) is 2.87. The number of nitrogens with zero attached hydrogens (tertiary/aromatic N) is 4. The minimum absolute atomic E-state index is 0.0904. The summed E-state index contributed by atoms with van der Waals surface area (Å²) in [6.45, 7) is 1.90. The number of rotatable bonds is 4. The van der Waals surface area contributed by atoms with Crippen molar-refractivity contribution < 1.29 is 9.31 Å². The highest BCUT2D eigenvalue weighted by Crippen LogP contribution is 2.20. The number of nitrogens with two attached hydrogens (primary N) is 1. The third kappa shape index (κ3) is 2.58. The maximum Gasteiger partial charge on any atom is 0.272 e. The van der Waals surface area contributed by atoms with Gasteiger partial charge in [-0.25, -0.2) is 9.07 Å². The van der Waals surface area contributed by atoms with Crippen LogP contribution in [0.2, 0.25) is 0 Å². The Kier molecular flexibility index (Phi) is 3.52. The number of aromatic nitrogens is 3. The molecule has 1 atom stereocenters. The monoisotopic (exact) mass is 265 g/mol. The Labute approximate surface area is 108 Å². The summed E-state index contributed by atoms with van der Waals surface area (Å²) in [6, 6.07) is 3.06. The third-order valence-electron chi connectivity index (χ3n) is 2.72. The zero-order valence-electron chi connectivity index (χ0n) is 10.2. The lowest BCUT2D eigenvalue weighted by molar-refractivity contribution is -0.385. The Morgan fingerprint density at radius 2 is 2.32 bits per heavy atom. The van der Waals surface area contributed by atoms with Gasteiger partial charge in [-0.1, -0.05) is 12.1 Å². The lowest BCUT2D eigenvalue weighted by Crippen LogP contribution is -2.08. The van der Waals surface area contributed by atoms with Gasteiger partial charge in [0, 0.05) is 6.07 Å². The van der Waals surface area contributed by atoms with Crippen LogP contribution in [0.5, 0.6) is 0 Å². The van der Waals surface area contributed by atoms with E-state index in [4.69, 9.17) is 5.73 Å². The highest BCUT2D eigenvalue weighted by atomic mass is 19.1. The second kappa shape index (κ2) is 5.11. The van der Waals surface area contributed by atoms with Crippen LogP contribution < -0.4 is 5.73 Å². The van der Waals surface area contributed by atoms with E-state index in [0.29, 0.717) is 12.1 Å². The molecule has 7 nitrogen and oxygen atoms in total. The van der Waals surface area contributed by atoms with Crippen molar-refractivity contribution >= 4 is 5.69 Å². The van der Waals surface area contributed by atoms with Gasteiger partial charge in [0.2, 0.25) is 0 Å². The van der Waals surface area contributed by atoms with E-state index in [1.807, 2.05) is 6.92 Å². The number of nitro benzene ring substituents is 1. The van der Waals surface area contributed by atoms with Crippen LogP contribution in [0.4, 0.5) is 10.1 Å². The van der Waals surface area contributed by atoms with Gasteiger partial charge in [-0.15, -0.1) is 5.10 Å². The van der Waals surface area contributed by atoms with E-state index in [9.17, 15) is 14.5 Å². The maximum absolute atomic E-state index is 13.8. The summed E-state index contributed by atoms with van der Waals surface area (Å²) in [5.74, 6) is -0.740. The predicted molar refractivity (Wildman–Crippen MR) is 65.2 cm³/mol. The smallest absolute Gasteiger partial charge is 0.272 e. The first-order chi connectivity index (χ1) is 9.02. The topological polar surface area (TPSA) is 99.9 Å². The van der Waals surface area contributed by atoms with Gasteiger partial charge in [0.15, 0.2) is 5.82 Å². The van der Waals surface area contributed by atoms with Crippen molar-refractivity contribution in [2.75, 3.05) is 0 Å². The van der Waals surface area contributed by atoms with E-state index in [2.05, 4.69) is 10.3 Å². The molecule has 0 saturated carbocycles. The van der Waals surface area contributed by atoms with E-state index in [1.165, 1.54) is 23.0 Å². The molecular weight excluding hydrogens is 253 g/mol.